The van der Waals surface area contributed by atoms with E-state index < -0.39 is 0 Å². The molecule has 0 aromatic carbocycles. The molecule has 0 aliphatic heterocycles. The van der Waals surface area contributed by atoms with Gasteiger partial charge >= 0.3 is 0 Å². The predicted molar refractivity (Wildman–Crippen MR) is 67.2 cm³/mol. The molecule has 0 saturated heterocycles. The van der Waals surface area contributed by atoms with Gasteiger partial charge in [0.15, 0.2) is 0 Å². The Morgan fingerprint density at radius 2 is 2.24 bits per heavy atom. The maximum absolute atomic E-state index is 12.1. The predicted octanol–water partition coefficient (Wildman–Crippen LogP) is 0.885. The number of nitrogens with one attached hydrogen (secondary N) is 1. The van der Waals surface area contributed by atoms with Crippen LogP contribution in [0.15, 0.2) is 12.1 Å². The Kier molecular flexibility index (Phi) is 4.45. The molecule has 94 valence electrons. The van der Waals surface area contributed by atoms with Gasteiger partial charge in [0.2, 0.25) is 0 Å². The Bertz CT molecular complexity index is 407. The fraction of sp³-hybridized carbons (Fsp3) is 0.500. The summed E-state index contributed by atoms with van der Waals surface area (Å²) in [7, 11) is 3.44. The molecule has 1 unspecified atom stereocenters. The van der Waals surface area contributed by atoms with Crippen LogP contribution >= 0.6 is 0 Å². The van der Waals surface area contributed by atoms with Crippen LogP contribution in [0, 0.1) is 6.92 Å². The van der Waals surface area contributed by atoms with Gasteiger partial charge in [-0.2, -0.15) is 0 Å². The van der Waals surface area contributed by atoms with Crippen molar-refractivity contribution in [3.05, 3.63) is 23.4 Å². The summed E-state index contributed by atoms with van der Waals surface area (Å²) >= 11 is 0. The number of nitrogens with zero attached hydrogens (tertiary/aromatic N) is 2. The average Bonchev–Trinajstić information content (AvgIpc) is 2.35. The van der Waals surface area contributed by atoms with Crippen molar-refractivity contribution in [1.29, 1.82) is 0 Å². The van der Waals surface area contributed by atoms with Gasteiger partial charge in [0, 0.05) is 25.4 Å². The lowest BCUT2D eigenvalue weighted by atomic mass is 10.2. The summed E-state index contributed by atoms with van der Waals surface area (Å²) in [5.41, 5.74) is 1.36. The third-order valence-electron chi connectivity index (χ3n) is 2.70. The minimum Gasteiger partial charge on any atom is -0.394 e. The van der Waals surface area contributed by atoms with Crippen LogP contribution in [-0.2, 0) is 0 Å². The van der Waals surface area contributed by atoms with Gasteiger partial charge in [0.25, 0.3) is 5.91 Å². The lowest BCUT2D eigenvalue weighted by Crippen LogP contribution is -2.37. The Morgan fingerprint density at radius 1 is 1.59 bits per heavy atom. The number of hydrogen-bond donors (Lipinski definition) is 2. The molecule has 17 heavy (non-hydrogen) atoms. The Hall–Kier alpha value is -1.62. The minimum atomic E-state index is -0.200. The van der Waals surface area contributed by atoms with Crippen LogP contribution in [0.3, 0.4) is 0 Å². The lowest BCUT2D eigenvalue weighted by Gasteiger charge is -2.23. The average molecular weight is 237 g/mol. The molecule has 2 N–H and O–H groups in total. The second kappa shape index (κ2) is 5.63. The van der Waals surface area contributed by atoms with Crippen molar-refractivity contribution < 1.29 is 9.90 Å². The molecule has 1 atom stereocenters. The van der Waals surface area contributed by atoms with Crippen LogP contribution in [0.5, 0.6) is 0 Å². The van der Waals surface area contributed by atoms with Crippen LogP contribution in [0.25, 0.3) is 0 Å². The highest BCUT2D eigenvalue weighted by molar-refractivity contribution is 5.95. The number of aryl methyl sites for hydroxylation is 1. The number of pyridine rings is 1. The minimum absolute atomic E-state index is 0.0504. The third-order valence-corrected chi connectivity index (χ3v) is 2.70. The van der Waals surface area contributed by atoms with E-state index in [1.54, 1.807) is 33.2 Å². The highest BCUT2D eigenvalue weighted by Gasteiger charge is 2.17. The van der Waals surface area contributed by atoms with E-state index in [9.17, 15) is 4.79 Å². The second-order valence-electron chi connectivity index (χ2n) is 4.08. The van der Waals surface area contributed by atoms with Gasteiger partial charge < -0.3 is 15.3 Å². The molecule has 0 aliphatic rings. The summed E-state index contributed by atoms with van der Waals surface area (Å²) in [5.74, 6) is 0.548. The zero-order chi connectivity index (χ0) is 13.0. The molecule has 0 bridgehead atoms. The van der Waals surface area contributed by atoms with Gasteiger partial charge in [-0.25, -0.2) is 4.98 Å². The Morgan fingerprint density at radius 3 is 2.76 bits per heavy atom. The van der Waals surface area contributed by atoms with E-state index in [-0.39, 0.29) is 18.6 Å². The SMILES string of the molecule is CNc1cc(C(=O)N(C)C(C)CO)cc(C)n1. The molecule has 0 aliphatic carbocycles. The number of carbonyl (C=O) groups is 1. The summed E-state index contributed by atoms with van der Waals surface area (Å²) in [6.07, 6.45) is 0. The molecule has 0 saturated carbocycles. The maximum atomic E-state index is 12.1. The number of aromatic nitrogens is 1. The molecule has 1 heterocycles. The first kappa shape index (κ1) is 13.4. The zero-order valence-corrected chi connectivity index (χ0v) is 10.7. The van der Waals surface area contributed by atoms with Gasteiger partial charge in [0.05, 0.1) is 12.6 Å². The quantitative estimate of drug-likeness (QED) is 0.816. The van der Waals surface area contributed by atoms with E-state index >= 15 is 0 Å². The largest absolute Gasteiger partial charge is 0.394 e. The highest BCUT2D eigenvalue weighted by Crippen LogP contribution is 2.12. The number of aliphatic hydroxyl groups excluding tert-OH is 1. The molecule has 1 rings (SSSR count). The van der Waals surface area contributed by atoms with Crippen molar-refractivity contribution in [2.45, 2.75) is 19.9 Å². The number of rotatable bonds is 4. The van der Waals surface area contributed by atoms with Crippen molar-refractivity contribution in [3.8, 4) is 0 Å². The molecule has 1 aromatic heterocycles. The van der Waals surface area contributed by atoms with Crippen molar-refractivity contribution in [1.82, 2.24) is 9.88 Å². The standard InChI is InChI=1S/C12H19N3O2/c1-8-5-10(6-11(13-3)14-8)12(17)15(4)9(2)7-16/h5-6,9,16H,7H2,1-4H3,(H,13,14). The van der Waals surface area contributed by atoms with E-state index in [0.717, 1.165) is 5.69 Å². The first-order valence-electron chi connectivity index (χ1n) is 5.54. The van der Waals surface area contributed by atoms with Gasteiger partial charge in [-0.1, -0.05) is 0 Å². The van der Waals surface area contributed by atoms with Crippen molar-refractivity contribution in [3.63, 3.8) is 0 Å². The molecular weight excluding hydrogens is 218 g/mol. The molecule has 0 fully saturated rings. The summed E-state index contributed by atoms with van der Waals surface area (Å²) in [6, 6.07) is 3.24. The molecule has 1 amide bonds. The number of hydrogen-bond acceptors (Lipinski definition) is 4. The number of carbonyl (C=O) groups excluding carboxylic acids is 1. The van der Waals surface area contributed by atoms with Crippen molar-refractivity contribution in [2.24, 2.45) is 0 Å². The molecular formula is C12H19N3O2. The van der Waals surface area contributed by atoms with E-state index in [2.05, 4.69) is 10.3 Å². The number of anilines is 1. The molecule has 5 nitrogen and oxygen atoms in total. The maximum Gasteiger partial charge on any atom is 0.254 e. The highest BCUT2D eigenvalue weighted by atomic mass is 16.3. The monoisotopic (exact) mass is 237 g/mol. The van der Waals surface area contributed by atoms with Crippen LogP contribution in [-0.4, -0.2) is 47.6 Å². The van der Waals surface area contributed by atoms with E-state index in [1.807, 2.05) is 6.92 Å². The van der Waals surface area contributed by atoms with Gasteiger partial charge in [-0.3, -0.25) is 4.79 Å². The van der Waals surface area contributed by atoms with Crippen molar-refractivity contribution in [2.75, 3.05) is 26.0 Å². The number of likely N-dealkylation sites (N-methyl/N-ethyl adjacent to an activating group) is 1. The van der Waals surface area contributed by atoms with Crippen LogP contribution in [0.4, 0.5) is 5.82 Å². The first-order chi connectivity index (χ1) is 7.99. The summed E-state index contributed by atoms with van der Waals surface area (Å²) in [4.78, 5) is 17.9. The van der Waals surface area contributed by atoms with Crippen LogP contribution in [0.1, 0.15) is 23.0 Å². The molecule has 5 heteroatoms. The zero-order valence-electron chi connectivity index (χ0n) is 10.7. The van der Waals surface area contributed by atoms with E-state index in [1.165, 1.54) is 4.90 Å². The Balaban J connectivity index is 2.99. The Labute approximate surface area is 101 Å². The van der Waals surface area contributed by atoms with Gasteiger partial charge in [-0.15, -0.1) is 0 Å². The first-order valence-corrected chi connectivity index (χ1v) is 5.54. The smallest absolute Gasteiger partial charge is 0.254 e. The number of aliphatic hydroxyl groups is 1. The summed E-state index contributed by atoms with van der Waals surface area (Å²) in [5, 5.41) is 12.0. The van der Waals surface area contributed by atoms with E-state index in [0.29, 0.717) is 11.4 Å². The normalized spacial score (nSPS) is 12.1. The van der Waals surface area contributed by atoms with Crippen LogP contribution < -0.4 is 5.32 Å². The molecule has 0 radical (unpaired) electrons. The number of amides is 1. The third kappa shape index (κ3) is 3.17. The van der Waals surface area contributed by atoms with Gasteiger partial charge in [0.1, 0.15) is 5.82 Å². The summed E-state index contributed by atoms with van der Waals surface area (Å²) < 4.78 is 0. The molecule has 1 aromatic rings. The second-order valence-corrected chi connectivity index (χ2v) is 4.08. The van der Waals surface area contributed by atoms with E-state index in [4.69, 9.17) is 5.11 Å². The summed E-state index contributed by atoms with van der Waals surface area (Å²) in [6.45, 7) is 3.59. The fourth-order valence-corrected chi connectivity index (χ4v) is 1.45. The topological polar surface area (TPSA) is 65.5 Å². The van der Waals surface area contributed by atoms with Gasteiger partial charge in [-0.05, 0) is 26.0 Å². The lowest BCUT2D eigenvalue weighted by molar-refractivity contribution is 0.0682. The van der Waals surface area contributed by atoms with Crippen molar-refractivity contribution >= 4 is 11.7 Å². The fourth-order valence-electron chi connectivity index (χ4n) is 1.45. The van der Waals surface area contributed by atoms with Crippen LogP contribution in [0.2, 0.25) is 0 Å². The molecule has 0 spiro atoms.